The highest BCUT2D eigenvalue weighted by Gasteiger charge is 2.24. The number of benzene rings is 1. The SMILES string of the molecule is CC[C@H](NC(=O)c1c[nH]c(C)cc1=O)[C@H](O)c1ccccc1F. The minimum atomic E-state index is -1.20. The number of hydrogen-bond donors (Lipinski definition) is 3. The average molecular weight is 318 g/mol. The van der Waals surface area contributed by atoms with E-state index in [1.807, 2.05) is 0 Å². The van der Waals surface area contributed by atoms with E-state index in [0.717, 1.165) is 0 Å². The van der Waals surface area contributed by atoms with Gasteiger partial charge in [-0.2, -0.15) is 0 Å². The van der Waals surface area contributed by atoms with Gasteiger partial charge in [-0.25, -0.2) is 4.39 Å². The van der Waals surface area contributed by atoms with Crippen LogP contribution in [0.15, 0.2) is 41.3 Å². The molecule has 1 aromatic heterocycles. The molecule has 0 spiro atoms. The van der Waals surface area contributed by atoms with Crippen LogP contribution in [0.3, 0.4) is 0 Å². The van der Waals surface area contributed by atoms with Crippen LogP contribution in [0.2, 0.25) is 0 Å². The number of amides is 1. The van der Waals surface area contributed by atoms with E-state index in [-0.39, 0.29) is 11.1 Å². The maximum Gasteiger partial charge on any atom is 0.257 e. The summed E-state index contributed by atoms with van der Waals surface area (Å²) in [7, 11) is 0. The lowest BCUT2D eigenvalue weighted by Crippen LogP contribution is -2.40. The lowest BCUT2D eigenvalue weighted by molar-refractivity contribution is 0.0818. The first-order valence-electron chi connectivity index (χ1n) is 7.36. The molecule has 2 atom stereocenters. The fourth-order valence-electron chi connectivity index (χ4n) is 2.33. The Labute approximate surface area is 133 Å². The normalized spacial score (nSPS) is 13.4. The van der Waals surface area contributed by atoms with Crippen molar-refractivity contribution in [1.29, 1.82) is 0 Å². The van der Waals surface area contributed by atoms with Crippen LogP contribution < -0.4 is 10.7 Å². The Kier molecular flexibility index (Phi) is 5.28. The van der Waals surface area contributed by atoms with E-state index in [1.165, 1.54) is 30.5 Å². The fraction of sp³-hybridized carbons (Fsp3) is 0.294. The molecule has 5 nitrogen and oxygen atoms in total. The summed E-state index contributed by atoms with van der Waals surface area (Å²) in [5, 5.41) is 12.9. The maximum atomic E-state index is 13.8. The lowest BCUT2D eigenvalue weighted by Gasteiger charge is -2.23. The molecule has 1 amide bonds. The third-order valence-corrected chi connectivity index (χ3v) is 3.66. The van der Waals surface area contributed by atoms with Gasteiger partial charge < -0.3 is 15.4 Å². The second-order valence-corrected chi connectivity index (χ2v) is 5.35. The number of pyridine rings is 1. The van der Waals surface area contributed by atoms with Crippen molar-refractivity contribution in [3.05, 3.63) is 69.4 Å². The van der Waals surface area contributed by atoms with Crippen LogP contribution in [0.4, 0.5) is 4.39 Å². The van der Waals surface area contributed by atoms with Crippen LogP contribution in [0.25, 0.3) is 0 Å². The van der Waals surface area contributed by atoms with E-state index in [1.54, 1.807) is 19.9 Å². The van der Waals surface area contributed by atoms with Crippen LogP contribution in [0.1, 0.15) is 41.1 Å². The van der Waals surface area contributed by atoms with Gasteiger partial charge in [0.2, 0.25) is 0 Å². The first kappa shape index (κ1) is 16.9. The van der Waals surface area contributed by atoms with Crippen molar-refractivity contribution in [2.45, 2.75) is 32.4 Å². The van der Waals surface area contributed by atoms with Gasteiger partial charge in [0.1, 0.15) is 17.5 Å². The molecule has 2 aromatic rings. The molecule has 23 heavy (non-hydrogen) atoms. The molecule has 0 bridgehead atoms. The molecule has 3 N–H and O–H groups in total. The summed E-state index contributed by atoms with van der Waals surface area (Å²) in [6, 6.07) is 6.46. The Morgan fingerprint density at radius 1 is 1.39 bits per heavy atom. The highest BCUT2D eigenvalue weighted by molar-refractivity contribution is 5.94. The fourth-order valence-corrected chi connectivity index (χ4v) is 2.33. The summed E-state index contributed by atoms with van der Waals surface area (Å²) in [5.74, 6) is -1.14. The van der Waals surface area contributed by atoms with Crippen molar-refractivity contribution < 1.29 is 14.3 Å². The summed E-state index contributed by atoms with van der Waals surface area (Å²) in [6.45, 7) is 3.47. The number of aliphatic hydroxyl groups is 1. The molecule has 0 aliphatic rings. The number of nitrogens with one attached hydrogen (secondary N) is 2. The van der Waals surface area contributed by atoms with Crippen LogP contribution in [0.5, 0.6) is 0 Å². The number of rotatable bonds is 5. The zero-order chi connectivity index (χ0) is 17.0. The molecule has 0 saturated carbocycles. The summed E-state index contributed by atoms with van der Waals surface area (Å²) in [4.78, 5) is 26.9. The zero-order valence-corrected chi connectivity index (χ0v) is 13.0. The number of aryl methyl sites for hydroxylation is 1. The minimum absolute atomic E-state index is 0.0465. The molecule has 0 saturated heterocycles. The van der Waals surface area contributed by atoms with Gasteiger partial charge in [0, 0.05) is 23.5 Å². The second kappa shape index (κ2) is 7.19. The third kappa shape index (κ3) is 3.84. The first-order chi connectivity index (χ1) is 10.9. The van der Waals surface area contributed by atoms with E-state index < -0.39 is 29.3 Å². The number of carbonyl (C=O) groups is 1. The number of aromatic amines is 1. The van der Waals surface area contributed by atoms with Gasteiger partial charge in [0.05, 0.1) is 6.04 Å². The van der Waals surface area contributed by atoms with E-state index in [0.29, 0.717) is 12.1 Å². The van der Waals surface area contributed by atoms with Gasteiger partial charge in [0.15, 0.2) is 5.43 Å². The van der Waals surface area contributed by atoms with Gasteiger partial charge in [-0.15, -0.1) is 0 Å². The summed E-state index contributed by atoms with van der Waals surface area (Å²) in [6.07, 6.45) is 0.509. The second-order valence-electron chi connectivity index (χ2n) is 5.35. The predicted molar refractivity (Wildman–Crippen MR) is 84.7 cm³/mol. The summed E-state index contributed by atoms with van der Waals surface area (Å²) >= 11 is 0. The third-order valence-electron chi connectivity index (χ3n) is 3.66. The Morgan fingerprint density at radius 3 is 2.70 bits per heavy atom. The first-order valence-corrected chi connectivity index (χ1v) is 7.36. The van der Waals surface area contributed by atoms with Crippen LogP contribution in [-0.2, 0) is 0 Å². The van der Waals surface area contributed by atoms with Gasteiger partial charge in [-0.1, -0.05) is 25.1 Å². The van der Waals surface area contributed by atoms with Crippen molar-refractivity contribution in [3.63, 3.8) is 0 Å². The molecule has 0 aliphatic carbocycles. The molecule has 1 aromatic carbocycles. The Bertz CT molecular complexity index is 757. The molecule has 0 radical (unpaired) electrons. The summed E-state index contributed by atoms with van der Waals surface area (Å²) < 4.78 is 13.8. The van der Waals surface area contributed by atoms with E-state index in [4.69, 9.17) is 0 Å². The Balaban J connectivity index is 2.20. The Morgan fingerprint density at radius 2 is 2.09 bits per heavy atom. The van der Waals surface area contributed by atoms with E-state index in [9.17, 15) is 19.1 Å². The zero-order valence-electron chi connectivity index (χ0n) is 13.0. The topological polar surface area (TPSA) is 82.2 Å². The highest BCUT2D eigenvalue weighted by Crippen LogP contribution is 2.21. The lowest BCUT2D eigenvalue weighted by atomic mass is 9.99. The molecule has 2 rings (SSSR count). The van der Waals surface area contributed by atoms with Crippen LogP contribution in [-0.4, -0.2) is 22.0 Å². The molecule has 0 unspecified atom stereocenters. The number of aromatic nitrogens is 1. The summed E-state index contributed by atoms with van der Waals surface area (Å²) in [5.41, 5.74) is 0.297. The molecule has 122 valence electrons. The van der Waals surface area contributed by atoms with E-state index in [2.05, 4.69) is 10.3 Å². The number of carbonyl (C=O) groups excluding carboxylic acids is 1. The van der Waals surface area contributed by atoms with Gasteiger partial charge in [0.25, 0.3) is 5.91 Å². The smallest absolute Gasteiger partial charge is 0.257 e. The standard InChI is InChI=1S/C17H19FN2O3/c1-3-14(16(22)11-6-4-5-7-13(11)18)20-17(23)12-9-19-10(2)8-15(12)21/h4-9,14,16,22H,3H2,1-2H3,(H,19,21)(H,20,23)/t14-,16+/m0/s1. The van der Waals surface area contributed by atoms with Crippen molar-refractivity contribution in [3.8, 4) is 0 Å². The van der Waals surface area contributed by atoms with Crippen molar-refractivity contribution in [2.75, 3.05) is 0 Å². The number of aliphatic hydroxyl groups excluding tert-OH is 1. The van der Waals surface area contributed by atoms with Crippen LogP contribution >= 0.6 is 0 Å². The minimum Gasteiger partial charge on any atom is -0.386 e. The number of H-pyrrole nitrogens is 1. The average Bonchev–Trinajstić information content (AvgIpc) is 2.52. The predicted octanol–water partition coefficient (Wildman–Crippen LogP) is 2.06. The Hall–Kier alpha value is -2.47. The molecule has 0 fully saturated rings. The van der Waals surface area contributed by atoms with Crippen LogP contribution in [0, 0.1) is 12.7 Å². The quantitative estimate of drug-likeness (QED) is 0.789. The number of halogens is 1. The number of hydrogen-bond acceptors (Lipinski definition) is 3. The van der Waals surface area contributed by atoms with Gasteiger partial charge in [-0.05, 0) is 19.4 Å². The monoisotopic (exact) mass is 318 g/mol. The van der Waals surface area contributed by atoms with E-state index >= 15 is 0 Å². The molecule has 0 aliphatic heterocycles. The van der Waals surface area contributed by atoms with Crippen molar-refractivity contribution in [1.82, 2.24) is 10.3 Å². The molecule has 6 heteroatoms. The molecular weight excluding hydrogens is 299 g/mol. The maximum absolute atomic E-state index is 13.8. The van der Waals surface area contributed by atoms with Gasteiger partial charge >= 0.3 is 0 Å². The largest absolute Gasteiger partial charge is 0.386 e. The highest BCUT2D eigenvalue weighted by atomic mass is 19.1. The van der Waals surface area contributed by atoms with Crippen molar-refractivity contribution in [2.24, 2.45) is 0 Å². The van der Waals surface area contributed by atoms with Gasteiger partial charge in [-0.3, -0.25) is 9.59 Å². The molecule has 1 heterocycles. The van der Waals surface area contributed by atoms with Crippen molar-refractivity contribution >= 4 is 5.91 Å². The molecular formula is C17H19FN2O3.